The number of benzene rings is 2. The van der Waals surface area contributed by atoms with Crippen molar-refractivity contribution in [3.05, 3.63) is 89.8 Å². The number of hydrogen-bond donors (Lipinski definition) is 1. The molecule has 0 unspecified atom stereocenters. The van der Waals surface area contributed by atoms with E-state index in [9.17, 15) is 14.0 Å². The second kappa shape index (κ2) is 10.2. The number of nitrogens with zero attached hydrogens (tertiary/aromatic N) is 3. The van der Waals surface area contributed by atoms with Gasteiger partial charge < -0.3 is 10.2 Å². The van der Waals surface area contributed by atoms with E-state index in [0.29, 0.717) is 18.7 Å². The predicted octanol–water partition coefficient (Wildman–Crippen LogP) is 3.64. The molecule has 0 bridgehead atoms. The fourth-order valence-corrected chi connectivity index (χ4v) is 2.88. The molecule has 0 radical (unpaired) electrons. The van der Waals surface area contributed by atoms with Crippen LogP contribution in [0.1, 0.15) is 28.2 Å². The quantitative estimate of drug-likeness (QED) is 0.620. The Bertz CT molecular complexity index is 976. The average molecular weight is 406 g/mol. The molecule has 0 fully saturated rings. The Morgan fingerprint density at radius 3 is 2.37 bits per heavy atom. The molecule has 2 aromatic carbocycles. The lowest BCUT2D eigenvalue weighted by atomic mass is 10.1. The summed E-state index contributed by atoms with van der Waals surface area (Å²) in [5.41, 5.74) is 2.57. The number of halogens is 1. The predicted molar refractivity (Wildman–Crippen MR) is 112 cm³/mol. The van der Waals surface area contributed by atoms with Crippen LogP contribution in [0.5, 0.6) is 0 Å². The number of aryl methyl sites for hydroxylation is 1. The Morgan fingerprint density at radius 1 is 0.967 bits per heavy atom. The molecule has 6 nitrogen and oxygen atoms in total. The standard InChI is InChI=1S/C23H23FN4O2/c1-17-15-26-21(16-25-17)23(30)28(13-11-18-5-3-2-4-6-18)14-12-22(29)27-20-9-7-19(24)8-10-20/h2-10,15-16H,11-14H2,1H3,(H,27,29). The van der Waals surface area contributed by atoms with Gasteiger partial charge in [-0.25, -0.2) is 9.37 Å². The molecular formula is C23H23FN4O2. The first kappa shape index (κ1) is 21.1. The summed E-state index contributed by atoms with van der Waals surface area (Å²) in [5, 5.41) is 2.71. The normalized spacial score (nSPS) is 10.5. The smallest absolute Gasteiger partial charge is 0.274 e. The van der Waals surface area contributed by atoms with Gasteiger partial charge in [-0.3, -0.25) is 14.6 Å². The van der Waals surface area contributed by atoms with Gasteiger partial charge in [0.15, 0.2) is 0 Å². The minimum Gasteiger partial charge on any atom is -0.336 e. The van der Waals surface area contributed by atoms with Crippen LogP contribution in [-0.4, -0.2) is 39.8 Å². The summed E-state index contributed by atoms with van der Waals surface area (Å²) in [6.45, 7) is 2.48. The summed E-state index contributed by atoms with van der Waals surface area (Å²) in [5.74, 6) is -0.896. The molecule has 7 heteroatoms. The van der Waals surface area contributed by atoms with Crippen molar-refractivity contribution < 1.29 is 14.0 Å². The maximum atomic E-state index is 13.0. The van der Waals surface area contributed by atoms with Gasteiger partial charge in [0.05, 0.1) is 11.9 Å². The van der Waals surface area contributed by atoms with E-state index in [-0.39, 0.29) is 36.3 Å². The van der Waals surface area contributed by atoms with Crippen molar-refractivity contribution in [2.75, 3.05) is 18.4 Å². The molecule has 0 saturated heterocycles. The highest BCUT2D eigenvalue weighted by molar-refractivity contribution is 5.93. The lowest BCUT2D eigenvalue weighted by molar-refractivity contribution is -0.116. The summed E-state index contributed by atoms with van der Waals surface area (Å²) >= 11 is 0. The highest BCUT2D eigenvalue weighted by atomic mass is 19.1. The number of carbonyl (C=O) groups excluding carboxylic acids is 2. The highest BCUT2D eigenvalue weighted by Crippen LogP contribution is 2.10. The Labute approximate surface area is 174 Å². The van der Waals surface area contributed by atoms with E-state index >= 15 is 0 Å². The van der Waals surface area contributed by atoms with Crippen LogP contribution in [0.3, 0.4) is 0 Å². The highest BCUT2D eigenvalue weighted by Gasteiger charge is 2.18. The van der Waals surface area contributed by atoms with E-state index in [0.717, 1.165) is 11.3 Å². The van der Waals surface area contributed by atoms with Crippen LogP contribution in [0.25, 0.3) is 0 Å². The van der Waals surface area contributed by atoms with Crippen molar-refractivity contribution in [3.8, 4) is 0 Å². The second-order valence-corrected chi connectivity index (χ2v) is 6.88. The van der Waals surface area contributed by atoms with Crippen LogP contribution in [0.2, 0.25) is 0 Å². The van der Waals surface area contributed by atoms with Crippen LogP contribution < -0.4 is 5.32 Å². The van der Waals surface area contributed by atoms with E-state index in [1.807, 2.05) is 30.3 Å². The van der Waals surface area contributed by atoms with Gasteiger partial charge in [0.2, 0.25) is 5.91 Å². The lowest BCUT2D eigenvalue weighted by Gasteiger charge is -2.22. The maximum absolute atomic E-state index is 13.0. The average Bonchev–Trinajstić information content (AvgIpc) is 2.76. The SMILES string of the molecule is Cc1cnc(C(=O)N(CCC(=O)Nc2ccc(F)cc2)CCc2ccccc2)cn1. The van der Waals surface area contributed by atoms with Gasteiger partial charge in [0.1, 0.15) is 11.5 Å². The molecule has 1 heterocycles. The van der Waals surface area contributed by atoms with E-state index < -0.39 is 0 Å². The van der Waals surface area contributed by atoms with Crippen molar-refractivity contribution in [1.82, 2.24) is 14.9 Å². The van der Waals surface area contributed by atoms with Gasteiger partial charge in [-0.15, -0.1) is 0 Å². The largest absolute Gasteiger partial charge is 0.336 e. The summed E-state index contributed by atoms with van der Waals surface area (Å²) in [7, 11) is 0. The van der Waals surface area contributed by atoms with Crippen LogP contribution in [0.4, 0.5) is 10.1 Å². The van der Waals surface area contributed by atoms with E-state index in [2.05, 4.69) is 15.3 Å². The topological polar surface area (TPSA) is 75.2 Å². The summed E-state index contributed by atoms with van der Waals surface area (Å²) in [4.78, 5) is 35.2. The Kier molecular flexibility index (Phi) is 7.21. The molecule has 0 aliphatic carbocycles. The van der Waals surface area contributed by atoms with Gasteiger partial charge in [-0.05, 0) is 43.2 Å². The summed E-state index contributed by atoms with van der Waals surface area (Å²) in [6.07, 6.45) is 3.76. The number of amides is 2. The Balaban J connectivity index is 1.64. The number of anilines is 1. The minimum atomic E-state index is -0.370. The number of carbonyl (C=O) groups is 2. The Morgan fingerprint density at radius 2 is 1.70 bits per heavy atom. The molecule has 0 atom stereocenters. The molecule has 2 amide bonds. The van der Waals surface area contributed by atoms with Gasteiger partial charge in [0, 0.05) is 31.4 Å². The summed E-state index contributed by atoms with van der Waals surface area (Å²) < 4.78 is 13.0. The lowest BCUT2D eigenvalue weighted by Crippen LogP contribution is -2.36. The first-order valence-corrected chi connectivity index (χ1v) is 9.68. The van der Waals surface area contributed by atoms with Crippen LogP contribution in [0.15, 0.2) is 67.0 Å². The molecule has 0 saturated carbocycles. The van der Waals surface area contributed by atoms with E-state index in [4.69, 9.17) is 0 Å². The van der Waals surface area contributed by atoms with Crippen LogP contribution in [0, 0.1) is 12.7 Å². The first-order chi connectivity index (χ1) is 14.5. The Hall–Kier alpha value is -3.61. The molecule has 0 aliphatic heterocycles. The van der Waals surface area contributed by atoms with Crippen molar-refractivity contribution in [2.24, 2.45) is 0 Å². The third-order valence-corrected chi connectivity index (χ3v) is 4.54. The minimum absolute atomic E-state index is 0.108. The molecule has 3 rings (SSSR count). The monoisotopic (exact) mass is 406 g/mol. The number of aromatic nitrogens is 2. The number of hydrogen-bond acceptors (Lipinski definition) is 4. The third-order valence-electron chi connectivity index (χ3n) is 4.54. The van der Waals surface area contributed by atoms with Crippen LogP contribution in [-0.2, 0) is 11.2 Å². The van der Waals surface area contributed by atoms with Gasteiger partial charge in [-0.1, -0.05) is 30.3 Å². The summed E-state index contributed by atoms with van der Waals surface area (Å²) in [6, 6.07) is 15.4. The molecule has 3 aromatic rings. The fraction of sp³-hybridized carbons (Fsp3) is 0.217. The fourth-order valence-electron chi connectivity index (χ4n) is 2.88. The number of nitrogens with one attached hydrogen (secondary N) is 1. The van der Waals surface area contributed by atoms with Crippen molar-refractivity contribution in [1.29, 1.82) is 0 Å². The molecule has 30 heavy (non-hydrogen) atoms. The van der Waals surface area contributed by atoms with Crippen molar-refractivity contribution >= 4 is 17.5 Å². The van der Waals surface area contributed by atoms with Gasteiger partial charge in [-0.2, -0.15) is 0 Å². The zero-order valence-corrected chi connectivity index (χ0v) is 16.7. The zero-order valence-electron chi connectivity index (χ0n) is 16.7. The maximum Gasteiger partial charge on any atom is 0.274 e. The molecular weight excluding hydrogens is 383 g/mol. The first-order valence-electron chi connectivity index (χ1n) is 9.68. The third kappa shape index (κ3) is 6.20. The molecule has 0 spiro atoms. The molecule has 0 aliphatic rings. The van der Waals surface area contributed by atoms with Gasteiger partial charge in [0.25, 0.3) is 5.91 Å². The molecule has 1 N–H and O–H groups in total. The van der Waals surface area contributed by atoms with Gasteiger partial charge >= 0.3 is 0 Å². The van der Waals surface area contributed by atoms with E-state index in [1.165, 1.54) is 30.5 Å². The van der Waals surface area contributed by atoms with Crippen molar-refractivity contribution in [3.63, 3.8) is 0 Å². The second-order valence-electron chi connectivity index (χ2n) is 6.88. The molecule has 1 aromatic heterocycles. The zero-order chi connectivity index (χ0) is 21.3. The number of rotatable bonds is 8. The van der Waals surface area contributed by atoms with E-state index in [1.54, 1.807) is 18.0 Å². The molecule has 154 valence electrons. The van der Waals surface area contributed by atoms with Crippen molar-refractivity contribution in [2.45, 2.75) is 19.8 Å². The van der Waals surface area contributed by atoms with Crippen LogP contribution >= 0.6 is 0 Å².